The Bertz CT molecular complexity index is 854. The van der Waals surface area contributed by atoms with E-state index in [0.717, 1.165) is 36.6 Å². The van der Waals surface area contributed by atoms with E-state index in [1.807, 2.05) is 0 Å². The number of rotatable bonds is 7. The predicted octanol–water partition coefficient (Wildman–Crippen LogP) is 2.73. The van der Waals surface area contributed by atoms with Gasteiger partial charge in [0, 0.05) is 12.6 Å². The molecule has 3 rings (SSSR count). The van der Waals surface area contributed by atoms with Crippen LogP contribution in [-0.2, 0) is 16.6 Å². The van der Waals surface area contributed by atoms with Crippen molar-refractivity contribution >= 4 is 21.1 Å². The van der Waals surface area contributed by atoms with Crippen molar-refractivity contribution in [3.63, 3.8) is 0 Å². The van der Waals surface area contributed by atoms with E-state index in [2.05, 4.69) is 14.6 Å². The summed E-state index contributed by atoms with van der Waals surface area (Å²) in [4.78, 5) is 6.56. The number of aromatic nitrogens is 2. The third-order valence-electron chi connectivity index (χ3n) is 4.80. The molecule has 0 spiro atoms. The fourth-order valence-corrected chi connectivity index (χ4v) is 4.10. The second kappa shape index (κ2) is 7.98. The van der Waals surface area contributed by atoms with Crippen LogP contribution in [0.3, 0.4) is 0 Å². The first-order chi connectivity index (χ1) is 12.3. The number of halogens is 2. The summed E-state index contributed by atoms with van der Waals surface area (Å²) in [7, 11) is -3.22. The summed E-state index contributed by atoms with van der Waals surface area (Å²) in [6.07, 6.45) is 4.79. The third-order valence-corrected chi connectivity index (χ3v) is 5.53. The molecule has 0 radical (unpaired) electrons. The molecule has 1 aromatic heterocycles. The third kappa shape index (κ3) is 4.57. The quantitative estimate of drug-likeness (QED) is 0.795. The highest BCUT2D eigenvalue weighted by molar-refractivity contribution is 7.88. The number of piperidine rings is 1. The summed E-state index contributed by atoms with van der Waals surface area (Å²) >= 11 is 0. The topological polar surface area (TPSA) is 67.2 Å². The van der Waals surface area contributed by atoms with Crippen LogP contribution in [0, 0.1) is 0 Å². The van der Waals surface area contributed by atoms with Crippen LogP contribution in [0.4, 0.5) is 8.78 Å². The van der Waals surface area contributed by atoms with E-state index in [-0.39, 0.29) is 6.04 Å². The van der Waals surface area contributed by atoms with Gasteiger partial charge in [-0.25, -0.2) is 18.1 Å². The molecule has 0 amide bonds. The number of likely N-dealkylation sites (tertiary alicyclic amines) is 1. The van der Waals surface area contributed by atoms with Crippen molar-refractivity contribution < 1.29 is 17.2 Å². The second-order valence-corrected chi connectivity index (χ2v) is 8.57. The molecule has 2 heterocycles. The van der Waals surface area contributed by atoms with Gasteiger partial charge in [-0.2, -0.15) is 8.78 Å². The average Bonchev–Trinajstić information content (AvgIpc) is 2.93. The maximum atomic E-state index is 13.6. The Hall–Kier alpha value is -1.58. The Morgan fingerprint density at radius 1 is 1.31 bits per heavy atom. The van der Waals surface area contributed by atoms with E-state index in [1.165, 1.54) is 0 Å². The van der Waals surface area contributed by atoms with Gasteiger partial charge in [0.05, 0.1) is 23.8 Å². The van der Waals surface area contributed by atoms with Crippen LogP contribution in [-0.4, -0.2) is 48.3 Å². The van der Waals surface area contributed by atoms with E-state index >= 15 is 0 Å². The Morgan fingerprint density at radius 3 is 2.81 bits per heavy atom. The van der Waals surface area contributed by atoms with E-state index in [9.17, 15) is 17.2 Å². The van der Waals surface area contributed by atoms with Crippen LogP contribution in [0.2, 0.25) is 0 Å². The molecule has 1 atom stereocenters. The molecule has 9 heteroatoms. The molecule has 1 fully saturated rings. The maximum absolute atomic E-state index is 13.6. The average molecular weight is 386 g/mol. The number of hydrogen-bond acceptors (Lipinski definition) is 4. The van der Waals surface area contributed by atoms with E-state index in [4.69, 9.17) is 0 Å². The van der Waals surface area contributed by atoms with E-state index in [1.54, 1.807) is 24.3 Å². The van der Waals surface area contributed by atoms with Crippen molar-refractivity contribution in [2.75, 3.05) is 19.3 Å². The number of nitrogens with zero attached hydrogens (tertiary/aromatic N) is 3. The first-order valence-electron chi connectivity index (χ1n) is 8.78. The van der Waals surface area contributed by atoms with Gasteiger partial charge in [0.1, 0.15) is 5.82 Å². The molecule has 6 nitrogen and oxygen atoms in total. The van der Waals surface area contributed by atoms with E-state index < -0.39 is 16.6 Å². The molecule has 1 N–H and O–H groups in total. The van der Waals surface area contributed by atoms with Crippen LogP contribution >= 0.6 is 0 Å². The lowest BCUT2D eigenvalue weighted by Gasteiger charge is -2.35. The molecule has 26 heavy (non-hydrogen) atoms. The van der Waals surface area contributed by atoms with Crippen LogP contribution in [0.15, 0.2) is 24.3 Å². The summed E-state index contributed by atoms with van der Waals surface area (Å²) in [5.41, 5.74) is 1.000. The number of imidazole rings is 1. The summed E-state index contributed by atoms with van der Waals surface area (Å²) in [5, 5.41) is 0. The number of alkyl halides is 2. The zero-order valence-electron chi connectivity index (χ0n) is 14.7. The van der Waals surface area contributed by atoms with Crippen molar-refractivity contribution in [1.82, 2.24) is 19.2 Å². The fourth-order valence-electron chi connectivity index (χ4n) is 3.61. The summed E-state index contributed by atoms with van der Waals surface area (Å²) < 4.78 is 53.2. The number of hydrogen-bond donors (Lipinski definition) is 1. The Kier molecular flexibility index (Phi) is 5.89. The SMILES string of the molecule is CS(=O)(=O)NCCC1CCCCN1Cc1nc2ccccc2n1C(F)F. The zero-order valence-corrected chi connectivity index (χ0v) is 15.6. The van der Waals surface area contributed by atoms with Gasteiger partial charge >= 0.3 is 6.55 Å². The van der Waals surface area contributed by atoms with Crippen molar-refractivity contribution in [1.29, 1.82) is 0 Å². The Balaban J connectivity index is 1.77. The lowest BCUT2D eigenvalue weighted by Crippen LogP contribution is -2.41. The monoisotopic (exact) mass is 386 g/mol. The first-order valence-corrected chi connectivity index (χ1v) is 10.7. The zero-order chi connectivity index (χ0) is 18.7. The number of sulfonamides is 1. The van der Waals surface area contributed by atoms with Gasteiger partial charge in [0.15, 0.2) is 0 Å². The molecule has 1 aromatic carbocycles. The molecule has 1 aliphatic rings. The lowest BCUT2D eigenvalue weighted by molar-refractivity contribution is 0.0632. The minimum Gasteiger partial charge on any atom is -0.293 e. The molecule has 0 saturated carbocycles. The van der Waals surface area contributed by atoms with Crippen LogP contribution in [0.5, 0.6) is 0 Å². The highest BCUT2D eigenvalue weighted by Gasteiger charge is 2.26. The number of nitrogens with one attached hydrogen (secondary N) is 1. The van der Waals surface area contributed by atoms with Crippen LogP contribution in [0.25, 0.3) is 11.0 Å². The van der Waals surface area contributed by atoms with Crippen molar-refractivity contribution in [2.45, 2.75) is 44.8 Å². The molecule has 1 aliphatic heterocycles. The molecule has 1 unspecified atom stereocenters. The van der Waals surface area contributed by atoms with Crippen LogP contribution < -0.4 is 4.72 Å². The smallest absolute Gasteiger partial charge is 0.293 e. The summed E-state index contributed by atoms with van der Waals surface area (Å²) in [6.45, 7) is -1.16. The Labute approximate surface area is 152 Å². The van der Waals surface area contributed by atoms with Gasteiger partial charge in [-0.1, -0.05) is 18.6 Å². The highest BCUT2D eigenvalue weighted by Crippen LogP contribution is 2.27. The lowest BCUT2D eigenvalue weighted by atomic mass is 9.99. The molecule has 144 valence electrons. The molecule has 0 bridgehead atoms. The number of fused-ring (bicyclic) bond motifs is 1. The standard InChI is InChI=1S/C17H24F2N4O2S/c1-26(24,25)20-10-9-13-6-4-5-11-22(13)12-16-21-14-7-2-3-8-15(14)23(16)17(18)19/h2-3,7-8,13,17,20H,4-6,9-12H2,1H3. The van der Waals surface area contributed by atoms with Gasteiger partial charge in [-0.05, 0) is 37.9 Å². The van der Waals surface area contributed by atoms with Gasteiger partial charge in [-0.3, -0.25) is 9.47 Å². The summed E-state index contributed by atoms with van der Waals surface area (Å²) in [6, 6.07) is 7.06. The van der Waals surface area contributed by atoms with Crippen LogP contribution in [0.1, 0.15) is 38.1 Å². The van der Waals surface area contributed by atoms with Crippen molar-refractivity contribution in [3.05, 3.63) is 30.1 Å². The molecule has 2 aromatic rings. The maximum Gasteiger partial charge on any atom is 0.320 e. The predicted molar refractivity (Wildman–Crippen MR) is 96.5 cm³/mol. The minimum absolute atomic E-state index is 0.156. The highest BCUT2D eigenvalue weighted by atomic mass is 32.2. The van der Waals surface area contributed by atoms with Crippen molar-refractivity contribution in [2.24, 2.45) is 0 Å². The number of benzene rings is 1. The fraction of sp³-hybridized carbons (Fsp3) is 0.588. The summed E-state index contributed by atoms with van der Waals surface area (Å²) in [5.74, 6) is 0.351. The van der Waals surface area contributed by atoms with Gasteiger partial charge in [-0.15, -0.1) is 0 Å². The van der Waals surface area contributed by atoms with E-state index in [0.29, 0.717) is 36.4 Å². The largest absolute Gasteiger partial charge is 0.320 e. The first kappa shape index (κ1) is 19.2. The van der Waals surface area contributed by atoms with Crippen molar-refractivity contribution in [3.8, 4) is 0 Å². The normalized spacial score (nSPS) is 19.5. The molecule has 0 aliphatic carbocycles. The molecule has 1 saturated heterocycles. The minimum atomic E-state index is -3.22. The van der Waals surface area contributed by atoms with Gasteiger partial charge in [0.2, 0.25) is 10.0 Å². The van der Waals surface area contributed by atoms with Gasteiger partial charge < -0.3 is 0 Å². The second-order valence-electron chi connectivity index (χ2n) is 6.74. The molecular formula is C17H24F2N4O2S. The number of para-hydroxylation sites is 2. The van der Waals surface area contributed by atoms with Gasteiger partial charge in [0.25, 0.3) is 0 Å². The molecular weight excluding hydrogens is 362 g/mol. The Morgan fingerprint density at radius 2 is 2.08 bits per heavy atom.